The summed E-state index contributed by atoms with van der Waals surface area (Å²) in [6.45, 7) is 0.127. The van der Waals surface area contributed by atoms with Crippen molar-refractivity contribution in [2.24, 2.45) is 5.73 Å². The zero-order chi connectivity index (χ0) is 26.9. The van der Waals surface area contributed by atoms with Crippen molar-refractivity contribution in [2.45, 2.75) is 19.3 Å². The second-order valence-electron chi connectivity index (χ2n) is 8.12. The molecule has 0 unspecified atom stereocenters. The van der Waals surface area contributed by atoms with Gasteiger partial charge in [0.25, 0.3) is 5.91 Å². The molecule has 12 heteroatoms. The monoisotopic (exact) mass is 539 g/mol. The van der Waals surface area contributed by atoms with Crippen molar-refractivity contribution in [3.63, 3.8) is 0 Å². The van der Waals surface area contributed by atoms with Gasteiger partial charge in [0.2, 0.25) is 5.89 Å². The van der Waals surface area contributed by atoms with Crippen LogP contribution in [0.1, 0.15) is 27.5 Å². The summed E-state index contributed by atoms with van der Waals surface area (Å²) in [5.74, 6) is -0.183. The zero-order valence-corrected chi connectivity index (χ0v) is 20.7. The molecular formula is C26H20F3N5O3S. The van der Waals surface area contributed by atoms with Gasteiger partial charge in [-0.2, -0.15) is 13.2 Å². The molecule has 5 rings (SSSR count). The summed E-state index contributed by atoms with van der Waals surface area (Å²) in [7, 11) is 1.34. The van der Waals surface area contributed by atoms with Gasteiger partial charge >= 0.3 is 6.18 Å². The maximum absolute atomic E-state index is 13.3. The summed E-state index contributed by atoms with van der Waals surface area (Å²) in [6, 6.07) is 12.8. The van der Waals surface area contributed by atoms with Crippen molar-refractivity contribution < 1.29 is 27.1 Å². The van der Waals surface area contributed by atoms with Gasteiger partial charge in [0, 0.05) is 34.6 Å². The Balaban J connectivity index is 1.41. The Morgan fingerprint density at radius 3 is 2.55 bits per heavy atom. The number of carbonyl (C=O) groups excluding carboxylic acids is 1. The molecule has 38 heavy (non-hydrogen) atoms. The fourth-order valence-corrected chi connectivity index (χ4v) is 4.53. The number of hydrogen-bond acceptors (Lipinski definition) is 8. The molecule has 0 bridgehead atoms. The van der Waals surface area contributed by atoms with Gasteiger partial charge in [-0.05, 0) is 29.8 Å². The SMILES string of the molecule is COc1ccc(-c2nc(C(=O)NCc3ccc(-c4nccs4)cc3)c(CN)o2)c2ccc(C(F)(F)F)nc12. The number of fused-ring (bicyclic) bond motifs is 1. The van der Waals surface area contributed by atoms with Crippen LogP contribution in [0.25, 0.3) is 32.9 Å². The van der Waals surface area contributed by atoms with Crippen LogP contribution < -0.4 is 15.8 Å². The molecular weight excluding hydrogens is 519 g/mol. The number of pyridine rings is 1. The minimum atomic E-state index is -4.63. The molecule has 0 aliphatic rings. The number of oxazole rings is 1. The smallest absolute Gasteiger partial charge is 0.433 e. The maximum Gasteiger partial charge on any atom is 0.433 e. The number of methoxy groups -OCH3 is 1. The van der Waals surface area contributed by atoms with Crippen LogP contribution in [-0.2, 0) is 19.3 Å². The van der Waals surface area contributed by atoms with Gasteiger partial charge in [-0.1, -0.05) is 24.3 Å². The molecule has 194 valence electrons. The highest BCUT2D eigenvalue weighted by molar-refractivity contribution is 7.13. The number of halogens is 3. The molecule has 0 aliphatic heterocycles. The number of aromatic nitrogens is 3. The van der Waals surface area contributed by atoms with Crippen LogP contribution in [0.5, 0.6) is 5.75 Å². The second kappa shape index (κ2) is 10.2. The second-order valence-corrected chi connectivity index (χ2v) is 9.01. The van der Waals surface area contributed by atoms with Gasteiger partial charge in [0.1, 0.15) is 22.0 Å². The number of thiazole rings is 1. The van der Waals surface area contributed by atoms with Gasteiger partial charge in [0.15, 0.2) is 11.5 Å². The zero-order valence-electron chi connectivity index (χ0n) is 19.9. The largest absolute Gasteiger partial charge is 0.494 e. The molecule has 1 amide bonds. The summed E-state index contributed by atoms with van der Waals surface area (Å²) < 4.78 is 50.7. The van der Waals surface area contributed by atoms with E-state index < -0.39 is 17.8 Å². The van der Waals surface area contributed by atoms with Crippen molar-refractivity contribution in [2.75, 3.05) is 7.11 Å². The first-order valence-electron chi connectivity index (χ1n) is 11.3. The molecule has 8 nitrogen and oxygen atoms in total. The molecule has 5 aromatic rings. The molecule has 3 N–H and O–H groups in total. The Kier molecular flexibility index (Phi) is 6.83. The third kappa shape index (κ3) is 4.95. The van der Waals surface area contributed by atoms with E-state index in [1.165, 1.54) is 30.6 Å². The lowest BCUT2D eigenvalue weighted by atomic mass is 10.1. The standard InChI is InChI=1S/C26H20F3N5O3S/c1-36-18-8-6-17(16-7-9-20(26(27,28)29)33-21(16)18)24-34-22(19(12-30)37-24)23(35)32-13-14-2-4-15(5-3-14)25-31-10-11-38-25/h2-11H,12-13,30H2,1H3,(H,32,35). The predicted octanol–water partition coefficient (Wildman–Crippen LogP) is 5.43. The first-order valence-corrected chi connectivity index (χ1v) is 12.2. The van der Waals surface area contributed by atoms with Crippen molar-refractivity contribution in [3.8, 4) is 27.8 Å². The number of nitrogens with one attached hydrogen (secondary N) is 1. The molecule has 0 aliphatic carbocycles. The molecule has 0 saturated heterocycles. The minimum absolute atomic E-state index is 0.00857. The number of amides is 1. The van der Waals surface area contributed by atoms with E-state index >= 15 is 0 Å². The molecule has 3 heterocycles. The maximum atomic E-state index is 13.3. The summed E-state index contributed by atoms with van der Waals surface area (Å²) in [5, 5.41) is 5.92. The fraction of sp³-hybridized carbons (Fsp3) is 0.154. The first-order chi connectivity index (χ1) is 18.3. The van der Waals surface area contributed by atoms with E-state index in [9.17, 15) is 18.0 Å². The fourth-order valence-electron chi connectivity index (χ4n) is 3.88. The Labute approximate surface area is 218 Å². The minimum Gasteiger partial charge on any atom is -0.494 e. The molecule has 0 saturated carbocycles. The lowest BCUT2D eigenvalue weighted by Gasteiger charge is -2.11. The molecule has 2 aromatic carbocycles. The number of alkyl halides is 3. The van der Waals surface area contributed by atoms with Gasteiger partial charge in [-0.25, -0.2) is 15.0 Å². The van der Waals surface area contributed by atoms with Crippen molar-refractivity contribution in [3.05, 3.63) is 82.8 Å². The van der Waals surface area contributed by atoms with E-state index in [0.29, 0.717) is 10.9 Å². The number of ether oxygens (including phenoxy) is 1. The first kappa shape index (κ1) is 25.4. The molecule has 0 atom stereocenters. The van der Waals surface area contributed by atoms with Crippen molar-refractivity contribution >= 4 is 28.1 Å². The highest BCUT2D eigenvalue weighted by Crippen LogP contribution is 2.37. The highest BCUT2D eigenvalue weighted by Gasteiger charge is 2.33. The topological polar surface area (TPSA) is 116 Å². The van der Waals surface area contributed by atoms with E-state index in [0.717, 1.165) is 22.2 Å². The van der Waals surface area contributed by atoms with Gasteiger partial charge in [-0.15, -0.1) is 11.3 Å². The molecule has 0 radical (unpaired) electrons. The molecule has 0 fully saturated rings. The van der Waals surface area contributed by atoms with Crippen LogP contribution in [-0.4, -0.2) is 28.0 Å². The van der Waals surface area contributed by atoms with E-state index in [1.807, 2.05) is 29.6 Å². The molecule has 3 aromatic heterocycles. The van der Waals surface area contributed by atoms with Gasteiger partial charge in [-0.3, -0.25) is 4.79 Å². The lowest BCUT2D eigenvalue weighted by molar-refractivity contribution is -0.140. The normalized spacial score (nSPS) is 11.6. The Morgan fingerprint density at radius 2 is 1.89 bits per heavy atom. The average molecular weight is 540 g/mol. The number of benzene rings is 2. The van der Waals surface area contributed by atoms with Crippen molar-refractivity contribution in [1.82, 2.24) is 20.3 Å². The van der Waals surface area contributed by atoms with Crippen LogP contribution in [0, 0.1) is 0 Å². The number of nitrogens with zero attached hydrogens (tertiary/aromatic N) is 3. The number of nitrogens with two attached hydrogens (primary N) is 1. The number of rotatable bonds is 7. The summed E-state index contributed by atoms with van der Waals surface area (Å²) >= 11 is 1.53. The lowest BCUT2D eigenvalue weighted by Crippen LogP contribution is -2.24. The van der Waals surface area contributed by atoms with E-state index in [-0.39, 0.29) is 41.7 Å². The Morgan fingerprint density at radius 1 is 1.11 bits per heavy atom. The van der Waals surface area contributed by atoms with Crippen LogP contribution in [0.15, 0.2) is 64.5 Å². The van der Waals surface area contributed by atoms with Crippen LogP contribution in [0.3, 0.4) is 0 Å². The van der Waals surface area contributed by atoms with E-state index in [4.69, 9.17) is 14.9 Å². The molecule has 0 spiro atoms. The summed E-state index contributed by atoms with van der Waals surface area (Å²) in [4.78, 5) is 25.3. The predicted molar refractivity (Wildman–Crippen MR) is 135 cm³/mol. The highest BCUT2D eigenvalue weighted by atomic mass is 32.1. The number of hydrogen-bond donors (Lipinski definition) is 2. The van der Waals surface area contributed by atoms with Gasteiger partial charge < -0.3 is 20.2 Å². The Bertz CT molecular complexity index is 1600. The van der Waals surface area contributed by atoms with Crippen LogP contribution in [0.4, 0.5) is 13.2 Å². The number of carbonyl (C=O) groups is 1. The van der Waals surface area contributed by atoms with Gasteiger partial charge in [0.05, 0.1) is 13.7 Å². The van der Waals surface area contributed by atoms with Crippen LogP contribution >= 0.6 is 11.3 Å². The summed E-state index contributed by atoms with van der Waals surface area (Å²) in [5.41, 5.74) is 6.90. The third-order valence-corrected chi connectivity index (χ3v) is 6.57. The summed E-state index contributed by atoms with van der Waals surface area (Å²) in [6.07, 6.45) is -2.89. The van der Waals surface area contributed by atoms with Crippen LogP contribution in [0.2, 0.25) is 0 Å². The van der Waals surface area contributed by atoms with Crippen molar-refractivity contribution in [1.29, 1.82) is 0 Å². The quantitative estimate of drug-likeness (QED) is 0.283. The van der Waals surface area contributed by atoms with E-state index in [2.05, 4.69) is 20.3 Å². The average Bonchev–Trinajstić information content (AvgIpc) is 3.61. The third-order valence-electron chi connectivity index (χ3n) is 5.75. The van der Waals surface area contributed by atoms with E-state index in [1.54, 1.807) is 12.3 Å². The Hall–Kier alpha value is -4.29.